The van der Waals surface area contributed by atoms with Gasteiger partial charge in [-0.05, 0) is 37.4 Å². The Balaban J connectivity index is 2.31. The number of halogens is 2. The van der Waals surface area contributed by atoms with Gasteiger partial charge in [0.15, 0.2) is 0 Å². The van der Waals surface area contributed by atoms with E-state index in [0.717, 1.165) is 18.5 Å². The van der Waals surface area contributed by atoms with Gasteiger partial charge in [0.05, 0.1) is 24.3 Å². The fourth-order valence-electron chi connectivity index (χ4n) is 2.61. The minimum Gasteiger partial charge on any atom is -0.496 e. The maximum atomic E-state index is 11.7. The molecule has 0 bridgehead atoms. The Morgan fingerprint density at radius 3 is 2.75 bits per heavy atom. The monoisotopic (exact) mass is 317 g/mol. The molecule has 2 atom stereocenters. The molecule has 1 aliphatic rings. The Hall–Kier alpha value is -0.970. The van der Waals surface area contributed by atoms with Crippen molar-refractivity contribution in [3.8, 4) is 5.75 Å². The second-order valence-electron chi connectivity index (χ2n) is 4.73. The zero-order valence-corrected chi connectivity index (χ0v) is 12.9. The summed E-state index contributed by atoms with van der Waals surface area (Å²) in [4.78, 5) is 11.7. The Morgan fingerprint density at radius 1 is 1.35 bits per heavy atom. The third-order valence-electron chi connectivity index (χ3n) is 3.61. The number of methoxy groups -OCH3 is 2. The van der Waals surface area contributed by atoms with E-state index < -0.39 is 0 Å². The van der Waals surface area contributed by atoms with Gasteiger partial charge in [0.25, 0.3) is 0 Å². The molecule has 0 saturated carbocycles. The maximum Gasteiger partial charge on any atom is 0.322 e. The molecule has 0 amide bonds. The van der Waals surface area contributed by atoms with Crippen LogP contribution < -0.4 is 10.1 Å². The Labute approximate surface area is 128 Å². The van der Waals surface area contributed by atoms with Crippen molar-refractivity contribution >= 4 is 29.2 Å². The normalized spacial score (nSPS) is 22.4. The fourth-order valence-corrected chi connectivity index (χ4v) is 3.08. The van der Waals surface area contributed by atoms with E-state index in [0.29, 0.717) is 22.2 Å². The molecule has 0 unspecified atom stereocenters. The SMILES string of the molecule is COC(=O)[C@@H]1C[C@H](c2c(OC)ccc(Cl)c2Cl)CCN1. The summed E-state index contributed by atoms with van der Waals surface area (Å²) in [6, 6.07) is 3.20. The summed E-state index contributed by atoms with van der Waals surface area (Å²) in [5.41, 5.74) is 0.872. The van der Waals surface area contributed by atoms with Crippen LogP contribution in [0.1, 0.15) is 24.3 Å². The number of esters is 1. The number of nitrogens with one attached hydrogen (secondary N) is 1. The van der Waals surface area contributed by atoms with Crippen LogP contribution in [0.5, 0.6) is 5.75 Å². The molecule has 2 rings (SSSR count). The number of rotatable bonds is 3. The van der Waals surface area contributed by atoms with E-state index >= 15 is 0 Å². The zero-order chi connectivity index (χ0) is 14.7. The molecule has 0 aliphatic carbocycles. The van der Waals surface area contributed by atoms with Gasteiger partial charge in [0.2, 0.25) is 0 Å². The molecular formula is C14H17Cl2NO3. The van der Waals surface area contributed by atoms with Gasteiger partial charge >= 0.3 is 5.97 Å². The summed E-state index contributed by atoms with van der Waals surface area (Å²) < 4.78 is 10.2. The number of carbonyl (C=O) groups excluding carboxylic acids is 1. The minimum absolute atomic E-state index is 0.112. The highest BCUT2D eigenvalue weighted by Crippen LogP contribution is 2.42. The van der Waals surface area contributed by atoms with Crippen LogP contribution in [0.3, 0.4) is 0 Å². The van der Waals surface area contributed by atoms with Gasteiger partial charge in [0.1, 0.15) is 11.8 Å². The van der Waals surface area contributed by atoms with Crippen LogP contribution in [0.15, 0.2) is 12.1 Å². The van der Waals surface area contributed by atoms with Crippen molar-refractivity contribution in [2.45, 2.75) is 24.8 Å². The molecule has 4 nitrogen and oxygen atoms in total. The summed E-state index contributed by atoms with van der Waals surface area (Å²) in [7, 11) is 2.99. The van der Waals surface area contributed by atoms with Gasteiger partial charge in [0, 0.05) is 5.56 Å². The zero-order valence-electron chi connectivity index (χ0n) is 11.4. The summed E-state index contributed by atoms with van der Waals surface area (Å²) in [5, 5.41) is 4.15. The van der Waals surface area contributed by atoms with Crippen molar-refractivity contribution in [1.29, 1.82) is 0 Å². The number of hydrogen-bond donors (Lipinski definition) is 1. The van der Waals surface area contributed by atoms with Crippen LogP contribution in [-0.2, 0) is 9.53 Å². The summed E-state index contributed by atoms with van der Waals surface area (Å²) in [5.74, 6) is 0.559. The average molecular weight is 318 g/mol. The van der Waals surface area contributed by atoms with Crippen LogP contribution >= 0.6 is 23.2 Å². The fraction of sp³-hybridized carbons (Fsp3) is 0.500. The van der Waals surface area contributed by atoms with Crippen LogP contribution in [0.2, 0.25) is 10.0 Å². The molecule has 20 heavy (non-hydrogen) atoms. The molecular weight excluding hydrogens is 301 g/mol. The van der Waals surface area contributed by atoms with Crippen LogP contribution in [0, 0.1) is 0 Å². The maximum absolute atomic E-state index is 11.7. The Morgan fingerprint density at radius 2 is 2.10 bits per heavy atom. The number of piperidine rings is 1. The smallest absolute Gasteiger partial charge is 0.322 e. The lowest BCUT2D eigenvalue weighted by molar-refractivity contribution is -0.143. The molecule has 0 radical (unpaired) electrons. The first-order valence-electron chi connectivity index (χ1n) is 6.41. The van der Waals surface area contributed by atoms with Crippen LogP contribution in [-0.4, -0.2) is 32.8 Å². The van der Waals surface area contributed by atoms with E-state index in [1.165, 1.54) is 7.11 Å². The van der Waals surface area contributed by atoms with Crippen molar-refractivity contribution < 1.29 is 14.3 Å². The molecule has 6 heteroatoms. The van der Waals surface area contributed by atoms with Crippen molar-refractivity contribution in [2.24, 2.45) is 0 Å². The summed E-state index contributed by atoms with van der Waals surface area (Å²) in [6.07, 6.45) is 1.48. The van der Waals surface area contributed by atoms with Gasteiger partial charge < -0.3 is 14.8 Å². The van der Waals surface area contributed by atoms with Crippen molar-refractivity contribution in [3.05, 3.63) is 27.7 Å². The van der Waals surface area contributed by atoms with Crippen LogP contribution in [0.25, 0.3) is 0 Å². The topological polar surface area (TPSA) is 47.6 Å². The molecule has 1 aromatic rings. The largest absolute Gasteiger partial charge is 0.496 e. The van der Waals surface area contributed by atoms with E-state index in [1.54, 1.807) is 19.2 Å². The number of hydrogen-bond acceptors (Lipinski definition) is 4. The Bertz CT molecular complexity index is 507. The molecule has 1 heterocycles. The highest BCUT2D eigenvalue weighted by molar-refractivity contribution is 6.42. The Kier molecular flexibility index (Phi) is 5.13. The average Bonchev–Trinajstić information content (AvgIpc) is 2.49. The first kappa shape index (κ1) is 15.4. The molecule has 1 fully saturated rings. The van der Waals surface area contributed by atoms with Crippen molar-refractivity contribution in [1.82, 2.24) is 5.32 Å². The second kappa shape index (κ2) is 6.66. The predicted octanol–water partition coefficient (Wildman–Crippen LogP) is 3.01. The highest BCUT2D eigenvalue weighted by atomic mass is 35.5. The van der Waals surface area contributed by atoms with E-state index in [4.69, 9.17) is 32.7 Å². The van der Waals surface area contributed by atoms with Gasteiger partial charge in [-0.25, -0.2) is 0 Å². The lowest BCUT2D eigenvalue weighted by Gasteiger charge is -2.30. The van der Waals surface area contributed by atoms with E-state index in [2.05, 4.69) is 5.32 Å². The molecule has 110 valence electrons. The predicted molar refractivity (Wildman–Crippen MR) is 78.8 cm³/mol. The van der Waals surface area contributed by atoms with Crippen LogP contribution in [0.4, 0.5) is 0 Å². The third-order valence-corrected chi connectivity index (χ3v) is 4.43. The molecule has 1 aromatic carbocycles. The van der Waals surface area contributed by atoms with Crippen molar-refractivity contribution in [3.63, 3.8) is 0 Å². The lowest BCUT2D eigenvalue weighted by atomic mass is 9.86. The van der Waals surface area contributed by atoms with Gasteiger partial charge in [-0.2, -0.15) is 0 Å². The van der Waals surface area contributed by atoms with Crippen molar-refractivity contribution in [2.75, 3.05) is 20.8 Å². The molecule has 1 aliphatic heterocycles. The lowest BCUT2D eigenvalue weighted by Crippen LogP contribution is -2.43. The highest BCUT2D eigenvalue weighted by Gasteiger charge is 2.31. The summed E-state index contributed by atoms with van der Waals surface area (Å²) >= 11 is 12.4. The van der Waals surface area contributed by atoms with E-state index in [-0.39, 0.29) is 17.9 Å². The van der Waals surface area contributed by atoms with Gasteiger partial charge in [-0.1, -0.05) is 23.2 Å². The second-order valence-corrected chi connectivity index (χ2v) is 5.51. The molecule has 0 spiro atoms. The first-order valence-corrected chi connectivity index (χ1v) is 7.17. The molecule has 0 aromatic heterocycles. The molecule has 1 saturated heterocycles. The van der Waals surface area contributed by atoms with E-state index in [1.807, 2.05) is 0 Å². The number of benzene rings is 1. The van der Waals surface area contributed by atoms with Gasteiger partial charge in [-0.3, -0.25) is 4.79 Å². The first-order chi connectivity index (χ1) is 9.58. The number of carbonyl (C=O) groups is 1. The minimum atomic E-state index is -0.321. The molecule has 1 N–H and O–H groups in total. The summed E-state index contributed by atoms with van der Waals surface area (Å²) in [6.45, 7) is 0.719. The van der Waals surface area contributed by atoms with E-state index in [9.17, 15) is 4.79 Å². The third kappa shape index (κ3) is 3.03. The number of ether oxygens (including phenoxy) is 2. The van der Waals surface area contributed by atoms with Gasteiger partial charge in [-0.15, -0.1) is 0 Å². The quantitative estimate of drug-likeness (QED) is 0.871. The standard InChI is InChI=1S/C14H17Cl2NO3/c1-19-11-4-3-9(15)13(16)12(11)8-5-6-17-10(7-8)14(18)20-2/h3-4,8,10,17H,5-7H2,1-2H3/t8-,10+/m1/s1.